The average molecular weight is 196 g/mol. The van der Waals surface area contributed by atoms with Crippen LogP contribution >= 0.6 is 0 Å². The molecule has 78 valence electrons. The first-order chi connectivity index (χ1) is 6.66. The van der Waals surface area contributed by atoms with Crippen LogP contribution in [-0.2, 0) is 9.53 Å². The first kappa shape index (κ1) is 10.8. The van der Waals surface area contributed by atoms with Gasteiger partial charge < -0.3 is 9.84 Å². The van der Waals surface area contributed by atoms with Crippen molar-refractivity contribution in [2.45, 2.75) is 33.1 Å². The molecular weight excluding hydrogens is 180 g/mol. The summed E-state index contributed by atoms with van der Waals surface area (Å²) in [5.41, 5.74) is 1.35. The van der Waals surface area contributed by atoms with Crippen molar-refractivity contribution in [3.05, 3.63) is 23.0 Å². The van der Waals surface area contributed by atoms with Crippen molar-refractivity contribution in [3.63, 3.8) is 0 Å². The predicted octanol–water partition coefficient (Wildman–Crippen LogP) is 2.49. The fraction of sp³-hybridized carbons (Fsp3) is 0.545. The molecule has 0 aliphatic heterocycles. The molecule has 0 radical (unpaired) electrons. The molecule has 0 spiro atoms. The first-order valence-electron chi connectivity index (χ1n) is 4.93. The topological polar surface area (TPSA) is 46.5 Å². The number of ether oxygens (including phenoxy) is 1. The molecule has 0 fully saturated rings. The number of hydrogen-bond acceptors (Lipinski definition) is 2. The van der Waals surface area contributed by atoms with Gasteiger partial charge in [0.15, 0.2) is 0 Å². The van der Waals surface area contributed by atoms with Crippen molar-refractivity contribution >= 4 is 5.97 Å². The maximum Gasteiger partial charge on any atom is 0.335 e. The van der Waals surface area contributed by atoms with Gasteiger partial charge in [-0.05, 0) is 38.7 Å². The minimum atomic E-state index is -0.902. The van der Waals surface area contributed by atoms with Crippen LogP contribution in [0.5, 0.6) is 0 Å². The highest BCUT2D eigenvalue weighted by atomic mass is 16.5. The van der Waals surface area contributed by atoms with Crippen molar-refractivity contribution in [1.29, 1.82) is 0 Å². The fourth-order valence-electron chi connectivity index (χ4n) is 1.56. The van der Waals surface area contributed by atoms with Crippen molar-refractivity contribution in [2.24, 2.45) is 0 Å². The Kier molecular flexibility index (Phi) is 3.74. The standard InChI is InChI=1S/C11H16O3/c1-3-14-10(8(2)11(12)13)9-6-4-5-7-9/h6H,3-5,7H2,1-2H3,(H,12,13). The van der Waals surface area contributed by atoms with Gasteiger partial charge in [-0.3, -0.25) is 0 Å². The van der Waals surface area contributed by atoms with Gasteiger partial charge in [0.05, 0.1) is 12.2 Å². The molecule has 0 bridgehead atoms. The zero-order chi connectivity index (χ0) is 10.6. The van der Waals surface area contributed by atoms with Crippen molar-refractivity contribution in [2.75, 3.05) is 6.61 Å². The van der Waals surface area contributed by atoms with Crippen molar-refractivity contribution in [3.8, 4) is 0 Å². The van der Waals surface area contributed by atoms with Gasteiger partial charge in [-0.2, -0.15) is 0 Å². The monoisotopic (exact) mass is 196 g/mol. The van der Waals surface area contributed by atoms with Crippen LogP contribution in [0.15, 0.2) is 23.0 Å². The number of carboxylic acids is 1. The molecule has 1 aliphatic rings. The molecule has 1 aliphatic carbocycles. The highest BCUT2D eigenvalue weighted by Gasteiger charge is 2.17. The zero-order valence-corrected chi connectivity index (χ0v) is 8.67. The Morgan fingerprint density at radius 1 is 1.64 bits per heavy atom. The maximum absolute atomic E-state index is 10.8. The normalized spacial score (nSPS) is 17.4. The highest BCUT2D eigenvalue weighted by Crippen LogP contribution is 2.27. The van der Waals surface area contributed by atoms with E-state index in [-0.39, 0.29) is 0 Å². The molecule has 0 saturated heterocycles. The zero-order valence-electron chi connectivity index (χ0n) is 8.67. The van der Waals surface area contributed by atoms with Crippen LogP contribution in [0, 0.1) is 0 Å². The molecule has 0 atom stereocenters. The van der Waals surface area contributed by atoms with E-state index in [1.165, 1.54) is 0 Å². The number of allylic oxidation sites excluding steroid dienone is 2. The van der Waals surface area contributed by atoms with E-state index in [9.17, 15) is 4.79 Å². The molecule has 0 aromatic heterocycles. The molecule has 0 amide bonds. The van der Waals surface area contributed by atoms with E-state index in [0.29, 0.717) is 17.9 Å². The Balaban J connectivity index is 2.93. The Bertz CT molecular complexity index is 287. The third-order valence-corrected chi connectivity index (χ3v) is 2.28. The van der Waals surface area contributed by atoms with Gasteiger partial charge in [-0.1, -0.05) is 6.08 Å². The second kappa shape index (κ2) is 4.84. The Morgan fingerprint density at radius 3 is 2.79 bits per heavy atom. The van der Waals surface area contributed by atoms with Gasteiger partial charge in [0, 0.05) is 0 Å². The average Bonchev–Trinajstić information content (AvgIpc) is 2.65. The van der Waals surface area contributed by atoms with E-state index in [4.69, 9.17) is 9.84 Å². The van der Waals surface area contributed by atoms with Crippen LogP contribution in [-0.4, -0.2) is 17.7 Å². The fourth-order valence-corrected chi connectivity index (χ4v) is 1.56. The van der Waals surface area contributed by atoms with Gasteiger partial charge in [-0.25, -0.2) is 4.79 Å². The number of aliphatic carboxylic acids is 1. The van der Waals surface area contributed by atoms with Crippen molar-refractivity contribution in [1.82, 2.24) is 0 Å². The smallest absolute Gasteiger partial charge is 0.335 e. The molecule has 3 heteroatoms. The van der Waals surface area contributed by atoms with Crippen LogP contribution < -0.4 is 0 Å². The molecule has 0 unspecified atom stereocenters. The summed E-state index contributed by atoms with van der Waals surface area (Å²) in [6.07, 6.45) is 5.12. The Labute approximate surface area is 84.1 Å². The summed E-state index contributed by atoms with van der Waals surface area (Å²) in [6.45, 7) is 3.97. The van der Waals surface area contributed by atoms with Gasteiger partial charge in [0.2, 0.25) is 0 Å². The van der Waals surface area contributed by atoms with Gasteiger partial charge >= 0.3 is 5.97 Å². The van der Waals surface area contributed by atoms with Gasteiger partial charge in [-0.15, -0.1) is 0 Å². The lowest BCUT2D eigenvalue weighted by Gasteiger charge is -2.11. The summed E-state index contributed by atoms with van der Waals surface area (Å²) in [7, 11) is 0. The molecule has 0 saturated carbocycles. The Morgan fingerprint density at radius 2 is 2.36 bits per heavy atom. The second-order valence-corrected chi connectivity index (χ2v) is 3.31. The van der Waals surface area contributed by atoms with E-state index in [0.717, 1.165) is 24.8 Å². The Hall–Kier alpha value is -1.25. The van der Waals surface area contributed by atoms with E-state index in [1.807, 2.05) is 6.92 Å². The first-order valence-corrected chi connectivity index (χ1v) is 4.93. The minimum Gasteiger partial charge on any atom is -0.493 e. The molecule has 0 aromatic carbocycles. The summed E-state index contributed by atoms with van der Waals surface area (Å²) in [5.74, 6) is -0.334. The van der Waals surface area contributed by atoms with E-state index >= 15 is 0 Å². The summed E-state index contributed by atoms with van der Waals surface area (Å²) in [4.78, 5) is 10.8. The molecule has 3 nitrogen and oxygen atoms in total. The summed E-state index contributed by atoms with van der Waals surface area (Å²) in [6, 6.07) is 0. The minimum absolute atomic E-state index is 0.306. The quantitative estimate of drug-likeness (QED) is 0.555. The number of rotatable bonds is 4. The van der Waals surface area contributed by atoms with Crippen molar-refractivity contribution < 1.29 is 14.6 Å². The third kappa shape index (κ3) is 2.37. The van der Waals surface area contributed by atoms with E-state index in [2.05, 4.69) is 6.08 Å². The summed E-state index contributed by atoms with van der Waals surface area (Å²) >= 11 is 0. The molecule has 1 rings (SSSR count). The van der Waals surface area contributed by atoms with Crippen LogP contribution in [0.1, 0.15) is 33.1 Å². The lowest BCUT2D eigenvalue weighted by Crippen LogP contribution is -2.05. The van der Waals surface area contributed by atoms with Gasteiger partial charge in [0.1, 0.15) is 5.76 Å². The number of hydrogen-bond donors (Lipinski definition) is 1. The lowest BCUT2D eigenvalue weighted by molar-refractivity contribution is -0.132. The van der Waals surface area contributed by atoms with E-state index < -0.39 is 5.97 Å². The molecule has 14 heavy (non-hydrogen) atoms. The second-order valence-electron chi connectivity index (χ2n) is 3.31. The summed E-state index contributed by atoms with van der Waals surface area (Å²) in [5, 5.41) is 8.87. The van der Waals surface area contributed by atoms with Crippen LogP contribution in [0.4, 0.5) is 0 Å². The SMILES string of the molecule is CCOC(C1=CCCC1)=C(C)C(=O)O. The molecule has 0 aromatic rings. The highest BCUT2D eigenvalue weighted by molar-refractivity contribution is 5.87. The predicted molar refractivity (Wildman–Crippen MR) is 53.9 cm³/mol. The molecule has 0 heterocycles. The number of carboxylic acid groups (broad SMARTS) is 1. The largest absolute Gasteiger partial charge is 0.493 e. The van der Waals surface area contributed by atoms with Gasteiger partial charge in [0.25, 0.3) is 0 Å². The van der Waals surface area contributed by atoms with Crippen LogP contribution in [0.3, 0.4) is 0 Å². The van der Waals surface area contributed by atoms with Crippen LogP contribution in [0.25, 0.3) is 0 Å². The van der Waals surface area contributed by atoms with Crippen LogP contribution in [0.2, 0.25) is 0 Å². The van der Waals surface area contributed by atoms with E-state index in [1.54, 1.807) is 6.92 Å². The summed E-state index contributed by atoms with van der Waals surface area (Å²) < 4.78 is 5.38. The maximum atomic E-state index is 10.8. The molecule has 1 N–H and O–H groups in total. The third-order valence-electron chi connectivity index (χ3n) is 2.28. The number of carbonyl (C=O) groups is 1. The lowest BCUT2D eigenvalue weighted by atomic mass is 10.1. The molecular formula is C11H16O3.